The van der Waals surface area contributed by atoms with E-state index in [9.17, 15) is 14.7 Å². The highest BCUT2D eigenvalue weighted by atomic mass is 32.1. The van der Waals surface area contributed by atoms with E-state index in [0.29, 0.717) is 24.9 Å². The predicted octanol–water partition coefficient (Wildman–Crippen LogP) is 1.24. The van der Waals surface area contributed by atoms with Crippen LogP contribution in [0.1, 0.15) is 36.0 Å². The maximum absolute atomic E-state index is 12.0. The van der Waals surface area contributed by atoms with Crippen LogP contribution >= 0.6 is 11.3 Å². The summed E-state index contributed by atoms with van der Waals surface area (Å²) in [4.78, 5) is 25.4. The van der Waals surface area contributed by atoms with Crippen LogP contribution in [0, 0.1) is 0 Å². The van der Waals surface area contributed by atoms with Crippen molar-refractivity contribution >= 4 is 23.2 Å². The maximum atomic E-state index is 12.0. The lowest BCUT2D eigenvalue weighted by Gasteiger charge is -2.23. The van der Waals surface area contributed by atoms with Gasteiger partial charge in [0.05, 0.1) is 12.6 Å². The summed E-state index contributed by atoms with van der Waals surface area (Å²) in [5.41, 5.74) is 0.668. The third-order valence-corrected chi connectivity index (χ3v) is 4.23. The molecule has 0 aliphatic carbocycles. The highest BCUT2D eigenvalue weighted by Crippen LogP contribution is 2.17. The molecule has 1 aromatic rings. The Labute approximate surface area is 122 Å². The van der Waals surface area contributed by atoms with Crippen molar-refractivity contribution in [1.29, 1.82) is 0 Å². The molecule has 6 heteroatoms. The lowest BCUT2D eigenvalue weighted by Crippen LogP contribution is -2.37. The van der Waals surface area contributed by atoms with E-state index < -0.39 is 0 Å². The number of hydrogen-bond acceptors (Lipinski definition) is 4. The van der Waals surface area contributed by atoms with Crippen LogP contribution in [0.4, 0.5) is 0 Å². The number of rotatable bonds is 6. The summed E-state index contributed by atoms with van der Waals surface area (Å²) >= 11 is 1.49. The number of aliphatic hydroxyl groups excluding tert-OH is 1. The third-order valence-electron chi connectivity index (χ3n) is 3.54. The number of carbonyl (C=O) groups is 2. The van der Waals surface area contributed by atoms with Gasteiger partial charge < -0.3 is 15.3 Å². The molecule has 2 heterocycles. The van der Waals surface area contributed by atoms with E-state index in [-0.39, 0.29) is 24.5 Å². The number of thiophene rings is 1. The van der Waals surface area contributed by atoms with Crippen molar-refractivity contribution in [1.82, 2.24) is 10.2 Å². The summed E-state index contributed by atoms with van der Waals surface area (Å²) in [5.74, 6) is -0.0144. The summed E-state index contributed by atoms with van der Waals surface area (Å²) in [6, 6.07) is 1.77. The average molecular weight is 296 g/mol. The van der Waals surface area contributed by atoms with Crippen LogP contribution in [0.25, 0.3) is 0 Å². The smallest absolute Gasteiger partial charge is 0.252 e. The molecule has 1 saturated heterocycles. The Hall–Kier alpha value is -1.40. The molecule has 0 bridgehead atoms. The van der Waals surface area contributed by atoms with Gasteiger partial charge in [-0.1, -0.05) is 0 Å². The van der Waals surface area contributed by atoms with Gasteiger partial charge in [-0.2, -0.15) is 11.3 Å². The normalized spacial score (nSPS) is 18.2. The molecule has 2 N–H and O–H groups in total. The molecule has 1 atom stereocenters. The van der Waals surface area contributed by atoms with E-state index in [0.717, 1.165) is 19.4 Å². The fraction of sp³-hybridized carbons (Fsp3) is 0.571. The van der Waals surface area contributed by atoms with Crippen molar-refractivity contribution in [2.75, 3.05) is 19.7 Å². The van der Waals surface area contributed by atoms with Crippen molar-refractivity contribution in [3.63, 3.8) is 0 Å². The molecular weight excluding hydrogens is 276 g/mol. The fourth-order valence-electron chi connectivity index (χ4n) is 2.43. The van der Waals surface area contributed by atoms with Gasteiger partial charge in [-0.25, -0.2) is 0 Å². The van der Waals surface area contributed by atoms with Gasteiger partial charge >= 0.3 is 0 Å². The summed E-state index contributed by atoms with van der Waals surface area (Å²) in [6.07, 6.45) is 2.90. The Kier molecular flexibility index (Phi) is 5.55. The number of hydrogen-bond donors (Lipinski definition) is 2. The molecule has 0 saturated carbocycles. The highest BCUT2D eigenvalue weighted by molar-refractivity contribution is 7.08. The zero-order valence-electron chi connectivity index (χ0n) is 11.4. The molecule has 20 heavy (non-hydrogen) atoms. The summed E-state index contributed by atoms with van der Waals surface area (Å²) in [6.45, 7) is 1.28. The molecule has 1 aliphatic rings. The molecular formula is C14H20N2O3S. The van der Waals surface area contributed by atoms with Gasteiger partial charge in [0, 0.05) is 30.5 Å². The lowest BCUT2D eigenvalue weighted by atomic mass is 10.2. The molecule has 5 nitrogen and oxygen atoms in total. The lowest BCUT2D eigenvalue weighted by molar-refractivity contribution is -0.132. The Bertz CT molecular complexity index is 447. The number of aliphatic hydroxyl groups is 1. The van der Waals surface area contributed by atoms with Crippen LogP contribution in [0.15, 0.2) is 16.8 Å². The van der Waals surface area contributed by atoms with Gasteiger partial charge in [0.25, 0.3) is 5.91 Å². The fourth-order valence-corrected chi connectivity index (χ4v) is 3.07. The van der Waals surface area contributed by atoms with Gasteiger partial charge in [0.2, 0.25) is 5.91 Å². The Morgan fingerprint density at radius 2 is 2.35 bits per heavy atom. The number of nitrogens with one attached hydrogen (secondary N) is 1. The molecule has 0 aromatic carbocycles. The largest absolute Gasteiger partial charge is 0.394 e. The zero-order chi connectivity index (χ0) is 14.4. The first-order valence-electron chi connectivity index (χ1n) is 6.93. The summed E-state index contributed by atoms with van der Waals surface area (Å²) < 4.78 is 0. The monoisotopic (exact) mass is 296 g/mol. The van der Waals surface area contributed by atoms with Gasteiger partial charge in [-0.3, -0.25) is 9.59 Å². The van der Waals surface area contributed by atoms with E-state index in [4.69, 9.17) is 0 Å². The topological polar surface area (TPSA) is 69.6 Å². The second-order valence-electron chi connectivity index (χ2n) is 4.94. The number of amides is 2. The Morgan fingerprint density at radius 1 is 1.50 bits per heavy atom. The second kappa shape index (κ2) is 7.40. The molecule has 1 aromatic heterocycles. The predicted molar refractivity (Wildman–Crippen MR) is 77.7 cm³/mol. The first-order valence-corrected chi connectivity index (χ1v) is 7.87. The Balaban J connectivity index is 1.66. The quantitative estimate of drug-likeness (QED) is 0.776. The number of carbonyl (C=O) groups excluding carboxylic acids is 2. The van der Waals surface area contributed by atoms with Gasteiger partial charge in [-0.05, 0) is 30.7 Å². The van der Waals surface area contributed by atoms with Gasteiger partial charge in [0.15, 0.2) is 0 Å². The van der Waals surface area contributed by atoms with Gasteiger partial charge in [0.1, 0.15) is 0 Å². The second-order valence-corrected chi connectivity index (χ2v) is 5.72. The molecule has 0 radical (unpaired) electrons. The summed E-state index contributed by atoms with van der Waals surface area (Å²) in [5, 5.41) is 15.7. The van der Waals surface area contributed by atoms with E-state index in [1.165, 1.54) is 11.3 Å². The van der Waals surface area contributed by atoms with Crippen molar-refractivity contribution in [3.05, 3.63) is 22.4 Å². The molecule has 1 aliphatic heterocycles. The minimum atomic E-state index is -0.0897. The van der Waals surface area contributed by atoms with Crippen LogP contribution in [0.2, 0.25) is 0 Å². The zero-order valence-corrected chi connectivity index (χ0v) is 12.2. The van der Waals surface area contributed by atoms with Crippen molar-refractivity contribution in [3.8, 4) is 0 Å². The first kappa shape index (κ1) is 15.0. The molecule has 110 valence electrons. The van der Waals surface area contributed by atoms with Crippen molar-refractivity contribution in [2.24, 2.45) is 0 Å². The minimum Gasteiger partial charge on any atom is -0.394 e. The van der Waals surface area contributed by atoms with E-state index in [2.05, 4.69) is 5.32 Å². The minimum absolute atomic E-state index is 0.0112. The molecule has 0 unspecified atom stereocenters. The average Bonchev–Trinajstić information content (AvgIpc) is 3.12. The first-order chi connectivity index (χ1) is 9.72. The SMILES string of the molecule is O=C(NCCCC(=O)N1CCC[C@@H]1CO)c1ccsc1. The van der Waals surface area contributed by atoms with Crippen molar-refractivity contribution in [2.45, 2.75) is 31.7 Å². The van der Waals surface area contributed by atoms with Crippen LogP contribution in [-0.2, 0) is 4.79 Å². The van der Waals surface area contributed by atoms with Crippen LogP contribution in [0.3, 0.4) is 0 Å². The highest BCUT2D eigenvalue weighted by Gasteiger charge is 2.27. The van der Waals surface area contributed by atoms with E-state index >= 15 is 0 Å². The van der Waals surface area contributed by atoms with Crippen LogP contribution < -0.4 is 5.32 Å². The molecule has 0 spiro atoms. The van der Waals surface area contributed by atoms with Crippen LogP contribution in [-0.4, -0.2) is 47.6 Å². The molecule has 2 rings (SSSR count). The number of likely N-dealkylation sites (tertiary alicyclic amines) is 1. The van der Waals surface area contributed by atoms with Gasteiger partial charge in [-0.15, -0.1) is 0 Å². The Morgan fingerprint density at radius 3 is 3.05 bits per heavy atom. The number of nitrogens with zero attached hydrogens (tertiary/aromatic N) is 1. The molecule has 1 fully saturated rings. The van der Waals surface area contributed by atoms with E-state index in [1.807, 2.05) is 5.38 Å². The maximum Gasteiger partial charge on any atom is 0.252 e. The van der Waals surface area contributed by atoms with Crippen LogP contribution in [0.5, 0.6) is 0 Å². The van der Waals surface area contributed by atoms with Crippen molar-refractivity contribution < 1.29 is 14.7 Å². The molecule has 2 amide bonds. The summed E-state index contributed by atoms with van der Waals surface area (Å²) in [7, 11) is 0. The third kappa shape index (κ3) is 3.80. The van der Waals surface area contributed by atoms with E-state index in [1.54, 1.807) is 16.3 Å². The standard InChI is InChI=1S/C14H20N2O3S/c17-9-12-3-2-7-16(12)13(18)4-1-6-15-14(19)11-5-8-20-10-11/h5,8,10,12,17H,1-4,6-7,9H2,(H,15,19)/t12-/m1/s1.